The largest absolute Gasteiger partial charge is 0.396 e. The molecule has 5 heteroatoms. The highest BCUT2D eigenvalue weighted by molar-refractivity contribution is 5.22. The number of aliphatic hydroxyl groups excluding tert-OH is 1. The Morgan fingerprint density at radius 3 is 2.70 bits per heavy atom. The van der Waals surface area contributed by atoms with E-state index in [4.69, 9.17) is 4.74 Å². The molecule has 0 bridgehead atoms. The molecule has 1 saturated heterocycles. The zero-order valence-electron chi connectivity index (χ0n) is 11.7. The first-order chi connectivity index (χ1) is 9.56. The summed E-state index contributed by atoms with van der Waals surface area (Å²) >= 11 is 0. The van der Waals surface area contributed by atoms with Crippen molar-refractivity contribution in [1.29, 1.82) is 0 Å². The molecule has 0 radical (unpaired) electrons. The van der Waals surface area contributed by atoms with Gasteiger partial charge in [0, 0.05) is 37.0 Å². The van der Waals surface area contributed by atoms with Crippen LogP contribution in [0.15, 0.2) is 18.2 Å². The van der Waals surface area contributed by atoms with Crippen LogP contribution in [0.2, 0.25) is 0 Å². The number of hydrogen-bond donors (Lipinski definition) is 2. The number of nitrogens with one attached hydrogen (secondary N) is 1. The van der Waals surface area contributed by atoms with Crippen molar-refractivity contribution in [1.82, 2.24) is 5.32 Å². The second-order valence-electron chi connectivity index (χ2n) is 5.40. The first kappa shape index (κ1) is 15.4. The van der Waals surface area contributed by atoms with Crippen molar-refractivity contribution in [2.75, 3.05) is 19.8 Å². The molecule has 0 aromatic heterocycles. The highest BCUT2D eigenvalue weighted by Crippen LogP contribution is 2.29. The topological polar surface area (TPSA) is 41.5 Å². The summed E-state index contributed by atoms with van der Waals surface area (Å²) in [6, 6.07) is 3.16. The molecular weight excluding hydrogens is 264 g/mol. The average Bonchev–Trinajstić information content (AvgIpc) is 2.42. The van der Waals surface area contributed by atoms with E-state index < -0.39 is 11.6 Å². The third-order valence-electron chi connectivity index (χ3n) is 3.99. The first-order valence-electron chi connectivity index (χ1n) is 6.97. The van der Waals surface area contributed by atoms with E-state index in [0.29, 0.717) is 25.2 Å². The lowest BCUT2D eigenvalue weighted by atomic mass is 9.85. The number of benzene rings is 1. The highest BCUT2D eigenvalue weighted by Gasteiger charge is 2.33. The SMILES string of the molecule is C[C@H](NC1(CCO)CCOCC1)c1cc(F)ccc1F. The summed E-state index contributed by atoms with van der Waals surface area (Å²) in [5, 5.41) is 12.6. The van der Waals surface area contributed by atoms with E-state index in [9.17, 15) is 13.9 Å². The molecule has 0 aliphatic carbocycles. The Bertz CT molecular complexity index is 442. The minimum Gasteiger partial charge on any atom is -0.396 e. The van der Waals surface area contributed by atoms with Crippen molar-refractivity contribution in [2.24, 2.45) is 0 Å². The van der Waals surface area contributed by atoms with Crippen LogP contribution in [-0.4, -0.2) is 30.5 Å². The van der Waals surface area contributed by atoms with Crippen LogP contribution in [0.25, 0.3) is 0 Å². The summed E-state index contributed by atoms with van der Waals surface area (Å²) in [5.41, 5.74) is 0.0411. The number of ether oxygens (including phenoxy) is 1. The van der Waals surface area contributed by atoms with Gasteiger partial charge in [-0.25, -0.2) is 8.78 Å². The van der Waals surface area contributed by atoms with Crippen molar-refractivity contribution in [3.05, 3.63) is 35.4 Å². The minimum atomic E-state index is -0.446. The average molecular weight is 285 g/mol. The number of hydrogen-bond acceptors (Lipinski definition) is 3. The maximum absolute atomic E-state index is 13.8. The Kier molecular flexibility index (Phi) is 5.07. The van der Waals surface area contributed by atoms with Crippen LogP contribution in [0.3, 0.4) is 0 Å². The summed E-state index contributed by atoms with van der Waals surface area (Å²) in [4.78, 5) is 0. The highest BCUT2D eigenvalue weighted by atomic mass is 19.1. The molecule has 3 nitrogen and oxygen atoms in total. The van der Waals surface area contributed by atoms with Gasteiger partial charge in [-0.05, 0) is 44.4 Å². The predicted molar refractivity (Wildman–Crippen MR) is 72.4 cm³/mol. The van der Waals surface area contributed by atoms with Gasteiger partial charge in [0.2, 0.25) is 0 Å². The predicted octanol–water partition coefficient (Wildman–Crippen LogP) is 2.55. The molecule has 1 fully saturated rings. The van der Waals surface area contributed by atoms with Gasteiger partial charge in [-0.15, -0.1) is 0 Å². The van der Waals surface area contributed by atoms with E-state index in [2.05, 4.69) is 5.32 Å². The fraction of sp³-hybridized carbons (Fsp3) is 0.600. The van der Waals surface area contributed by atoms with Gasteiger partial charge in [0.15, 0.2) is 0 Å². The fourth-order valence-electron chi connectivity index (χ4n) is 2.83. The van der Waals surface area contributed by atoms with E-state index in [1.807, 2.05) is 6.92 Å². The third-order valence-corrected chi connectivity index (χ3v) is 3.99. The summed E-state index contributed by atoms with van der Waals surface area (Å²) in [6.07, 6.45) is 2.10. The molecule has 1 atom stereocenters. The van der Waals surface area contributed by atoms with Crippen molar-refractivity contribution in [3.63, 3.8) is 0 Å². The fourth-order valence-corrected chi connectivity index (χ4v) is 2.83. The van der Waals surface area contributed by atoms with Crippen molar-refractivity contribution in [2.45, 2.75) is 37.8 Å². The first-order valence-corrected chi connectivity index (χ1v) is 6.97. The van der Waals surface area contributed by atoms with Crippen LogP contribution in [0.4, 0.5) is 8.78 Å². The van der Waals surface area contributed by atoms with Gasteiger partial charge in [0.25, 0.3) is 0 Å². The Labute approximate surface area is 117 Å². The molecule has 0 saturated carbocycles. The lowest BCUT2D eigenvalue weighted by Crippen LogP contribution is -2.51. The molecule has 0 spiro atoms. The number of halogens is 2. The lowest BCUT2D eigenvalue weighted by molar-refractivity contribution is 0.0229. The van der Waals surface area contributed by atoms with Gasteiger partial charge < -0.3 is 15.2 Å². The molecule has 1 aromatic rings. The lowest BCUT2D eigenvalue weighted by Gasteiger charge is -2.40. The third kappa shape index (κ3) is 3.53. The second kappa shape index (κ2) is 6.61. The molecule has 112 valence electrons. The quantitative estimate of drug-likeness (QED) is 0.873. The van der Waals surface area contributed by atoms with Crippen molar-refractivity contribution in [3.8, 4) is 0 Å². The number of aliphatic hydroxyl groups is 1. The summed E-state index contributed by atoms with van der Waals surface area (Å²) in [6.45, 7) is 3.11. The van der Waals surface area contributed by atoms with Crippen LogP contribution in [0.1, 0.15) is 37.8 Å². The second-order valence-corrected chi connectivity index (χ2v) is 5.40. The zero-order valence-corrected chi connectivity index (χ0v) is 11.7. The maximum Gasteiger partial charge on any atom is 0.128 e. The maximum atomic E-state index is 13.8. The summed E-state index contributed by atoms with van der Waals surface area (Å²) in [7, 11) is 0. The van der Waals surface area contributed by atoms with Gasteiger partial charge in [0.05, 0.1) is 0 Å². The minimum absolute atomic E-state index is 0.0609. The van der Waals surface area contributed by atoms with E-state index in [1.165, 1.54) is 6.07 Å². The van der Waals surface area contributed by atoms with Gasteiger partial charge in [0.1, 0.15) is 11.6 Å². The van der Waals surface area contributed by atoms with E-state index in [-0.39, 0.29) is 18.2 Å². The zero-order chi connectivity index (χ0) is 14.6. The van der Waals surface area contributed by atoms with Gasteiger partial charge in [-0.3, -0.25) is 0 Å². The summed E-state index contributed by atoms with van der Waals surface area (Å²) in [5.74, 6) is -0.865. The molecule has 0 amide bonds. The molecule has 1 aromatic carbocycles. The van der Waals surface area contributed by atoms with Gasteiger partial charge in [-0.2, -0.15) is 0 Å². The van der Waals surface area contributed by atoms with Crippen LogP contribution >= 0.6 is 0 Å². The molecule has 1 heterocycles. The molecule has 2 N–H and O–H groups in total. The van der Waals surface area contributed by atoms with Crippen molar-refractivity contribution >= 4 is 0 Å². The number of rotatable bonds is 5. The van der Waals surface area contributed by atoms with Gasteiger partial charge in [-0.1, -0.05) is 0 Å². The van der Waals surface area contributed by atoms with E-state index in [0.717, 1.165) is 25.0 Å². The standard InChI is InChI=1S/C15H21F2NO2/c1-11(13-10-12(16)2-3-14(13)17)18-15(4-7-19)5-8-20-9-6-15/h2-3,10-11,18-19H,4-9H2,1H3/t11-/m0/s1. The molecule has 20 heavy (non-hydrogen) atoms. The van der Waals surface area contributed by atoms with Gasteiger partial charge >= 0.3 is 0 Å². The van der Waals surface area contributed by atoms with E-state index in [1.54, 1.807) is 0 Å². The smallest absolute Gasteiger partial charge is 0.128 e. The monoisotopic (exact) mass is 285 g/mol. The Morgan fingerprint density at radius 2 is 2.05 bits per heavy atom. The summed E-state index contributed by atoms with van der Waals surface area (Å²) < 4.78 is 32.4. The molecular formula is C15H21F2NO2. The molecule has 2 rings (SSSR count). The van der Waals surface area contributed by atoms with Crippen molar-refractivity contribution < 1.29 is 18.6 Å². The molecule has 0 unspecified atom stereocenters. The molecule has 1 aliphatic heterocycles. The van der Waals surface area contributed by atoms with Crippen LogP contribution in [0, 0.1) is 11.6 Å². The Hall–Kier alpha value is -1.04. The molecule has 1 aliphatic rings. The Morgan fingerprint density at radius 1 is 1.35 bits per heavy atom. The van der Waals surface area contributed by atoms with E-state index >= 15 is 0 Å². The normalized spacial score (nSPS) is 19.8. The van der Waals surface area contributed by atoms with Crippen LogP contribution in [0.5, 0.6) is 0 Å². The van der Waals surface area contributed by atoms with Crippen LogP contribution in [-0.2, 0) is 4.74 Å². The Balaban J connectivity index is 2.15. The van der Waals surface area contributed by atoms with Crippen LogP contribution < -0.4 is 5.32 Å².